The fourth-order valence-electron chi connectivity index (χ4n) is 3.00. The van der Waals surface area contributed by atoms with E-state index >= 15 is 0 Å². The molecule has 6 nitrogen and oxygen atoms in total. The lowest BCUT2D eigenvalue weighted by Gasteiger charge is -2.29. The van der Waals surface area contributed by atoms with Crippen LogP contribution in [0.5, 0.6) is 5.75 Å². The zero-order valence-corrected chi connectivity index (χ0v) is 14.5. The van der Waals surface area contributed by atoms with E-state index in [2.05, 4.69) is 16.8 Å². The topological polar surface area (TPSA) is 69.3 Å². The van der Waals surface area contributed by atoms with Crippen molar-refractivity contribution in [1.82, 2.24) is 5.06 Å². The maximum atomic E-state index is 6.05. The quantitative estimate of drug-likeness (QED) is 0.731. The maximum absolute atomic E-state index is 6.05. The number of ether oxygens (including phenoxy) is 2. The molecule has 25 heavy (non-hydrogen) atoms. The molecule has 2 N–H and O–H groups in total. The molecular formula is C19H23N3O3. The molecular weight excluding hydrogens is 318 g/mol. The SMILES string of the molecule is CN1OC2(CCOCCCOc3ccc(C#CC4CC4)cc32)N=C1N. The summed E-state index contributed by atoms with van der Waals surface area (Å²) in [7, 11) is 1.75. The summed E-state index contributed by atoms with van der Waals surface area (Å²) in [4.78, 5) is 10.7. The van der Waals surface area contributed by atoms with Crippen LogP contribution < -0.4 is 10.5 Å². The van der Waals surface area contributed by atoms with Crippen molar-refractivity contribution >= 4 is 5.96 Å². The van der Waals surface area contributed by atoms with Crippen LogP contribution in [-0.4, -0.2) is 37.9 Å². The molecule has 132 valence electrons. The normalized spacial score (nSPS) is 26.3. The third-order valence-electron chi connectivity index (χ3n) is 4.58. The number of hydroxylamine groups is 2. The molecule has 1 aromatic rings. The average Bonchev–Trinajstić information content (AvgIpc) is 3.39. The van der Waals surface area contributed by atoms with Gasteiger partial charge in [-0.1, -0.05) is 11.8 Å². The smallest absolute Gasteiger partial charge is 0.220 e. The van der Waals surface area contributed by atoms with Crippen LogP contribution in [0.25, 0.3) is 0 Å². The van der Waals surface area contributed by atoms with Crippen LogP contribution in [0, 0.1) is 17.8 Å². The first-order valence-electron chi connectivity index (χ1n) is 8.81. The second kappa shape index (κ2) is 6.58. The number of hydrogen-bond acceptors (Lipinski definition) is 6. The molecule has 4 rings (SSSR count). The van der Waals surface area contributed by atoms with Crippen LogP contribution in [-0.2, 0) is 15.3 Å². The zero-order chi connectivity index (χ0) is 17.3. The molecule has 6 heteroatoms. The number of hydrogen-bond donors (Lipinski definition) is 1. The molecule has 3 aliphatic rings. The lowest BCUT2D eigenvalue weighted by atomic mass is 9.96. The maximum Gasteiger partial charge on any atom is 0.220 e. The van der Waals surface area contributed by atoms with E-state index in [4.69, 9.17) is 20.0 Å². The van der Waals surface area contributed by atoms with Gasteiger partial charge in [-0.25, -0.2) is 14.9 Å². The number of nitrogens with two attached hydrogens (primary N) is 1. The van der Waals surface area contributed by atoms with Crippen molar-refractivity contribution in [3.63, 3.8) is 0 Å². The minimum absolute atomic E-state index is 0.345. The largest absolute Gasteiger partial charge is 0.493 e. The van der Waals surface area contributed by atoms with Crippen molar-refractivity contribution in [2.45, 2.75) is 31.4 Å². The second-order valence-corrected chi connectivity index (χ2v) is 6.66. The standard InChI is InChI=1S/C19H23N3O3/c1-22-18(20)21-19(25-22)9-12-23-10-2-11-24-17-8-7-15(13-16(17)19)6-5-14-3-4-14/h7-8,13-14H,2-4,9-12H2,1H3,(H2,20,21). The Kier molecular flexibility index (Phi) is 4.28. The molecule has 1 aromatic carbocycles. The summed E-state index contributed by atoms with van der Waals surface area (Å²) < 4.78 is 11.7. The Morgan fingerprint density at radius 3 is 2.92 bits per heavy atom. The highest BCUT2D eigenvalue weighted by atomic mass is 16.7. The lowest BCUT2D eigenvalue weighted by Crippen LogP contribution is -2.33. The molecule has 1 spiro atoms. The van der Waals surface area contributed by atoms with Gasteiger partial charge >= 0.3 is 0 Å². The predicted octanol–water partition coefficient (Wildman–Crippen LogP) is 1.98. The Bertz CT molecular complexity index is 748. The Morgan fingerprint density at radius 1 is 1.28 bits per heavy atom. The van der Waals surface area contributed by atoms with Gasteiger partial charge in [0.05, 0.1) is 18.8 Å². The number of fused-ring (bicyclic) bond motifs is 2. The summed E-state index contributed by atoms with van der Waals surface area (Å²) in [6.07, 6.45) is 3.82. The van der Waals surface area contributed by atoms with Gasteiger partial charge in [-0.3, -0.25) is 0 Å². The first-order valence-corrected chi connectivity index (χ1v) is 8.81. The Labute approximate surface area is 147 Å². The minimum atomic E-state index is -0.928. The van der Waals surface area contributed by atoms with E-state index in [0.29, 0.717) is 38.1 Å². The molecule has 1 saturated carbocycles. The molecule has 2 aliphatic heterocycles. The summed E-state index contributed by atoms with van der Waals surface area (Å²) in [5, 5.41) is 1.50. The highest BCUT2D eigenvalue weighted by molar-refractivity contribution is 5.78. The molecule has 0 bridgehead atoms. The number of nitrogens with zero attached hydrogens (tertiary/aromatic N) is 2. The highest BCUT2D eigenvalue weighted by Crippen LogP contribution is 2.41. The van der Waals surface area contributed by atoms with E-state index in [9.17, 15) is 0 Å². The van der Waals surface area contributed by atoms with Crippen molar-refractivity contribution in [3.8, 4) is 17.6 Å². The van der Waals surface area contributed by atoms with E-state index in [1.165, 1.54) is 17.9 Å². The van der Waals surface area contributed by atoms with Crippen molar-refractivity contribution in [1.29, 1.82) is 0 Å². The molecule has 1 aliphatic carbocycles. The van der Waals surface area contributed by atoms with Gasteiger partial charge in [0, 0.05) is 38.0 Å². The number of rotatable bonds is 0. The van der Waals surface area contributed by atoms with Gasteiger partial charge in [-0.15, -0.1) is 0 Å². The third kappa shape index (κ3) is 3.44. The van der Waals surface area contributed by atoms with Crippen molar-refractivity contribution in [2.75, 3.05) is 26.9 Å². The Hall–Kier alpha value is -2.23. The molecule has 1 fully saturated rings. The van der Waals surface area contributed by atoms with E-state index in [-0.39, 0.29) is 0 Å². The molecule has 0 saturated heterocycles. The molecule has 2 heterocycles. The molecule has 0 aromatic heterocycles. The van der Waals surface area contributed by atoms with Crippen molar-refractivity contribution in [2.24, 2.45) is 16.6 Å². The van der Waals surface area contributed by atoms with Crippen LogP contribution in [0.2, 0.25) is 0 Å². The molecule has 1 atom stereocenters. The monoisotopic (exact) mass is 341 g/mol. The predicted molar refractivity (Wildman–Crippen MR) is 93.7 cm³/mol. The highest BCUT2D eigenvalue weighted by Gasteiger charge is 2.43. The lowest BCUT2D eigenvalue weighted by molar-refractivity contribution is -0.182. The Balaban J connectivity index is 1.76. The zero-order valence-electron chi connectivity index (χ0n) is 14.5. The first kappa shape index (κ1) is 16.2. The second-order valence-electron chi connectivity index (χ2n) is 6.66. The van der Waals surface area contributed by atoms with Gasteiger partial charge in [-0.05, 0) is 31.0 Å². The van der Waals surface area contributed by atoms with Crippen LogP contribution in [0.3, 0.4) is 0 Å². The molecule has 1 unspecified atom stereocenters. The fourth-order valence-corrected chi connectivity index (χ4v) is 3.00. The van der Waals surface area contributed by atoms with Crippen LogP contribution in [0.15, 0.2) is 23.2 Å². The summed E-state index contributed by atoms with van der Waals surface area (Å²) >= 11 is 0. The van der Waals surface area contributed by atoms with Gasteiger partial charge in [0.25, 0.3) is 0 Å². The van der Waals surface area contributed by atoms with Crippen LogP contribution in [0.4, 0.5) is 0 Å². The van der Waals surface area contributed by atoms with Crippen LogP contribution in [0.1, 0.15) is 36.8 Å². The van der Waals surface area contributed by atoms with E-state index in [1.807, 2.05) is 18.2 Å². The molecule has 0 radical (unpaired) electrons. The molecule has 0 amide bonds. The van der Waals surface area contributed by atoms with Crippen LogP contribution >= 0.6 is 0 Å². The third-order valence-corrected chi connectivity index (χ3v) is 4.58. The summed E-state index contributed by atoms with van der Waals surface area (Å²) in [5.74, 6) is 8.23. The van der Waals surface area contributed by atoms with Gasteiger partial charge in [-0.2, -0.15) is 0 Å². The van der Waals surface area contributed by atoms with E-state index < -0.39 is 5.72 Å². The van der Waals surface area contributed by atoms with Gasteiger partial charge < -0.3 is 15.2 Å². The summed E-state index contributed by atoms with van der Waals surface area (Å²) in [6.45, 7) is 1.79. The summed E-state index contributed by atoms with van der Waals surface area (Å²) in [6, 6.07) is 5.97. The van der Waals surface area contributed by atoms with Crippen molar-refractivity contribution < 1.29 is 14.3 Å². The Morgan fingerprint density at radius 2 is 2.16 bits per heavy atom. The first-order chi connectivity index (χ1) is 12.2. The van der Waals surface area contributed by atoms with Gasteiger partial charge in [0.2, 0.25) is 11.7 Å². The number of guanidine groups is 1. The van der Waals surface area contributed by atoms with E-state index in [1.54, 1.807) is 7.05 Å². The fraction of sp³-hybridized carbons (Fsp3) is 0.526. The number of aliphatic imine (C=N–C) groups is 1. The minimum Gasteiger partial charge on any atom is -0.493 e. The van der Waals surface area contributed by atoms with Gasteiger partial charge in [0.1, 0.15) is 5.75 Å². The summed E-state index contributed by atoms with van der Waals surface area (Å²) in [5.41, 5.74) is 6.86. The van der Waals surface area contributed by atoms with Crippen molar-refractivity contribution in [3.05, 3.63) is 29.3 Å². The number of benzene rings is 1. The average molecular weight is 341 g/mol. The van der Waals surface area contributed by atoms with E-state index in [0.717, 1.165) is 23.3 Å². The van der Waals surface area contributed by atoms with Gasteiger partial charge in [0.15, 0.2) is 0 Å².